The number of nitrogens with zero attached hydrogens (tertiary/aromatic N) is 2. The minimum Gasteiger partial charge on any atom is -0.456 e. The zero-order chi connectivity index (χ0) is 29.4. The van der Waals surface area contributed by atoms with Gasteiger partial charge in [0.05, 0.1) is 33.1 Å². The minimum absolute atomic E-state index is 0.927. The van der Waals surface area contributed by atoms with Crippen molar-refractivity contribution in [2.24, 2.45) is 0 Å². The van der Waals surface area contributed by atoms with Crippen LogP contribution in [0.15, 0.2) is 130 Å². The highest BCUT2D eigenvalue weighted by Crippen LogP contribution is 2.50. The summed E-state index contributed by atoms with van der Waals surface area (Å²) in [4.78, 5) is 0. The first kappa shape index (κ1) is 22.3. The Morgan fingerprint density at radius 3 is 1.20 bits per heavy atom. The number of furan rings is 2. The highest BCUT2D eigenvalue weighted by atomic mass is 16.3. The summed E-state index contributed by atoms with van der Waals surface area (Å²) in [6.07, 6.45) is 0. The maximum atomic E-state index is 6.54. The predicted octanol–water partition coefficient (Wildman–Crippen LogP) is 11.8. The molecule has 0 saturated heterocycles. The van der Waals surface area contributed by atoms with Gasteiger partial charge in [0, 0.05) is 64.6 Å². The molecule has 0 radical (unpaired) electrons. The minimum atomic E-state index is 0.927. The lowest BCUT2D eigenvalue weighted by molar-refractivity contribution is 0.669. The number of hydrogen-bond acceptors (Lipinski definition) is 2. The molecule has 0 aliphatic heterocycles. The molecule has 0 saturated carbocycles. The number of aromatic nitrogens is 2. The van der Waals surface area contributed by atoms with Crippen LogP contribution in [0.1, 0.15) is 0 Å². The van der Waals surface area contributed by atoms with Gasteiger partial charge in [-0.2, -0.15) is 0 Å². The van der Waals surface area contributed by atoms with Crippen molar-refractivity contribution in [2.45, 2.75) is 0 Å². The van der Waals surface area contributed by atoms with Crippen LogP contribution in [0.5, 0.6) is 0 Å². The second-order valence-corrected chi connectivity index (χ2v) is 12.8. The lowest BCUT2D eigenvalue weighted by Gasteiger charge is -2.02. The van der Waals surface area contributed by atoms with Gasteiger partial charge >= 0.3 is 0 Å². The van der Waals surface area contributed by atoms with Crippen LogP contribution in [-0.2, 0) is 0 Å². The molecule has 4 nitrogen and oxygen atoms in total. The summed E-state index contributed by atoms with van der Waals surface area (Å²) in [6.45, 7) is 0. The molecule has 0 atom stereocenters. The Morgan fingerprint density at radius 2 is 0.717 bits per heavy atom. The molecule has 0 N–H and O–H groups in total. The number of hydrogen-bond donors (Lipinski definition) is 0. The normalized spacial score (nSPS) is 13.2. The zero-order valence-corrected chi connectivity index (χ0v) is 24.3. The van der Waals surface area contributed by atoms with Crippen LogP contribution in [0, 0.1) is 0 Å². The maximum absolute atomic E-state index is 6.54. The fourth-order valence-electron chi connectivity index (χ4n) is 9.03. The van der Waals surface area contributed by atoms with Crippen LogP contribution in [0.3, 0.4) is 0 Å². The molecule has 7 aromatic carbocycles. The molecule has 210 valence electrons. The van der Waals surface area contributed by atoms with Crippen LogP contribution in [0.2, 0.25) is 0 Å². The van der Waals surface area contributed by atoms with E-state index in [0.29, 0.717) is 0 Å². The molecule has 4 heteroatoms. The van der Waals surface area contributed by atoms with Crippen molar-refractivity contribution in [3.8, 4) is 0 Å². The lowest BCUT2D eigenvalue weighted by atomic mass is 10.0. The van der Waals surface area contributed by atoms with Gasteiger partial charge in [0.25, 0.3) is 0 Å². The molecule has 0 unspecified atom stereocenters. The van der Waals surface area contributed by atoms with Crippen molar-refractivity contribution in [3.63, 3.8) is 0 Å². The number of benzene rings is 7. The smallest absolute Gasteiger partial charge is 0.136 e. The molecule has 0 amide bonds. The first-order valence-electron chi connectivity index (χ1n) is 15.8. The van der Waals surface area contributed by atoms with Gasteiger partial charge in [0.2, 0.25) is 0 Å². The van der Waals surface area contributed by atoms with Gasteiger partial charge in [-0.3, -0.25) is 0 Å². The molecule has 0 aliphatic carbocycles. The van der Waals surface area contributed by atoms with Crippen molar-refractivity contribution < 1.29 is 8.83 Å². The van der Waals surface area contributed by atoms with Crippen LogP contribution >= 0.6 is 0 Å². The first-order valence-corrected chi connectivity index (χ1v) is 15.8. The summed E-state index contributed by atoms with van der Waals surface area (Å²) in [5.74, 6) is 0. The molecule has 0 bridgehead atoms. The van der Waals surface area contributed by atoms with E-state index >= 15 is 0 Å². The molecule has 0 aliphatic rings. The molecule has 13 aromatic rings. The van der Waals surface area contributed by atoms with E-state index in [1.165, 1.54) is 87.0 Å². The first-order chi connectivity index (χ1) is 22.8. The van der Waals surface area contributed by atoms with E-state index < -0.39 is 0 Å². The van der Waals surface area contributed by atoms with Crippen molar-refractivity contribution in [3.05, 3.63) is 121 Å². The van der Waals surface area contributed by atoms with E-state index in [1.807, 2.05) is 0 Å². The Kier molecular flexibility index (Phi) is 3.47. The van der Waals surface area contributed by atoms with Gasteiger partial charge in [0.1, 0.15) is 22.3 Å². The Bertz CT molecular complexity index is 3240. The molecule has 6 aromatic heterocycles. The molecular formula is C42H20N2O2. The maximum Gasteiger partial charge on any atom is 0.136 e. The summed E-state index contributed by atoms with van der Waals surface area (Å²) in [7, 11) is 0. The SMILES string of the molecule is c1ccc2c(c1)oc1cc3c4cc5c(cc4n4c6ccccc6c(c12)c34)c1cc2oc3ccccc3c2c2c3ccccc3n5c12. The summed E-state index contributed by atoms with van der Waals surface area (Å²) < 4.78 is 18.1. The third-order valence-corrected chi connectivity index (χ3v) is 10.7. The fourth-order valence-corrected chi connectivity index (χ4v) is 9.03. The average molecular weight is 585 g/mol. The highest BCUT2D eigenvalue weighted by molar-refractivity contribution is 6.38. The molecule has 0 spiro atoms. The largest absolute Gasteiger partial charge is 0.456 e. The van der Waals surface area contributed by atoms with Crippen LogP contribution < -0.4 is 0 Å². The van der Waals surface area contributed by atoms with Crippen LogP contribution in [0.4, 0.5) is 0 Å². The Hall–Kier alpha value is -6.26. The van der Waals surface area contributed by atoms with E-state index in [-0.39, 0.29) is 0 Å². The third-order valence-electron chi connectivity index (χ3n) is 10.7. The van der Waals surface area contributed by atoms with E-state index in [1.54, 1.807) is 0 Å². The number of para-hydroxylation sites is 4. The number of rotatable bonds is 0. The molecule has 0 fully saturated rings. The predicted molar refractivity (Wildman–Crippen MR) is 190 cm³/mol. The van der Waals surface area contributed by atoms with Crippen LogP contribution in [0.25, 0.3) is 120 Å². The van der Waals surface area contributed by atoms with Gasteiger partial charge in [0.15, 0.2) is 0 Å². The zero-order valence-electron chi connectivity index (χ0n) is 24.3. The summed E-state index contributed by atoms with van der Waals surface area (Å²) >= 11 is 0. The van der Waals surface area contributed by atoms with Gasteiger partial charge in [-0.25, -0.2) is 0 Å². The molecular weight excluding hydrogens is 564 g/mol. The second-order valence-electron chi connectivity index (χ2n) is 12.8. The van der Waals surface area contributed by atoms with Crippen molar-refractivity contribution in [2.75, 3.05) is 0 Å². The van der Waals surface area contributed by atoms with Gasteiger partial charge in [-0.1, -0.05) is 72.8 Å². The quantitative estimate of drug-likeness (QED) is 0.178. The molecule has 6 heterocycles. The highest BCUT2D eigenvalue weighted by Gasteiger charge is 2.26. The van der Waals surface area contributed by atoms with Crippen molar-refractivity contribution in [1.82, 2.24) is 8.80 Å². The standard InChI is InChI=1S/C42H20N2O2/c1-5-13-29-21(9-1)39-37-23-11-3-7-15-33(23)45-35(37)19-27-25-18-32-26(17-31(25)43(29)41(27)39)28-20-36-38(24-12-4-8-16-34(24)46-36)40-22-10-2-6-14-30(22)44(32)42(28)40/h1-20H. The summed E-state index contributed by atoms with van der Waals surface area (Å²) in [6, 6.07) is 43.8. The average Bonchev–Trinajstić information content (AvgIpc) is 3.92. The Balaban J connectivity index is 1.32. The molecule has 13 rings (SSSR count). The topological polar surface area (TPSA) is 35.1 Å². The van der Waals surface area contributed by atoms with Gasteiger partial charge in [-0.05, 0) is 48.5 Å². The van der Waals surface area contributed by atoms with Crippen molar-refractivity contribution >= 4 is 120 Å². The molecule has 46 heavy (non-hydrogen) atoms. The Labute approximate surface area is 258 Å². The van der Waals surface area contributed by atoms with Crippen molar-refractivity contribution in [1.29, 1.82) is 0 Å². The van der Waals surface area contributed by atoms with E-state index in [0.717, 1.165) is 33.1 Å². The monoisotopic (exact) mass is 584 g/mol. The lowest BCUT2D eigenvalue weighted by Crippen LogP contribution is -1.82. The second kappa shape index (κ2) is 7.17. The van der Waals surface area contributed by atoms with E-state index in [4.69, 9.17) is 8.83 Å². The van der Waals surface area contributed by atoms with E-state index in [2.05, 4.69) is 130 Å². The van der Waals surface area contributed by atoms with Crippen LogP contribution in [-0.4, -0.2) is 8.80 Å². The third kappa shape index (κ3) is 2.27. The summed E-state index contributed by atoms with van der Waals surface area (Å²) in [5.41, 5.74) is 11.1. The Morgan fingerprint density at radius 1 is 0.304 bits per heavy atom. The summed E-state index contributed by atoms with van der Waals surface area (Å²) in [5, 5.41) is 14.7. The van der Waals surface area contributed by atoms with Gasteiger partial charge in [-0.15, -0.1) is 0 Å². The fraction of sp³-hybridized carbons (Fsp3) is 0. The van der Waals surface area contributed by atoms with E-state index in [9.17, 15) is 0 Å². The van der Waals surface area contributed by atoms with Gasteiger partial charge < -0.3 is 17.6 Å². The number of fused-ring (bicyclic) bond motifs is 20.